The van der Waals surface area contributed by atoms with Gasteiger partial charge >= 0.3 is 6.03 Å². The summed E-state index contributed by atoms with van der Waals surface area (Å²) < 4.78 is 0. The lowest BCUT2D eigenvalue weighted by Gasteiger charge is -2.32. The third-order valence-electron chi connectivity index (χ3n) is 5.00. The number of piperidine rings is 1. The van der Waals surface area contributed by atoms with Crippen molar-refractivity contribution in [1.29, 1.82) is 0 Å². The summed E-state index contributed by atoms with van der Waals surface area (Å²) in [7, 11) is 0. The van der Waals surface area contributed by atoms with Crippen molar-refractivity contribution in [2.75, 3.05) is 23.7 Å². The second-order valence-electron chi connectivity index (χ2n) is 6.95. The van der Waals surface area contributed by atoms with Crippen molar-refractivity contribution in [3.63, 3.8) is 0 Å². The van der Waals surface area contributed by atoms with Crippen LogP contribution in [0.5, 0.6) is 0 Å². The van der Waals surface area contributed by atoms with Crippen LogP contribution in [0.25, 0.3) is 10.9 Å². The number of fused-ring (bicyclic) bond motifs is 1. The summed E-state index contributed by atoms with van der Waals surface area (Å²) in [6.07, 6.45) is 3.28. The van der Waals surface area contributed by atoms with Gasteiger partial charge in [0.15, 0.2) is 0 Å². The minimum Gasteiger partial charge on any atom is -0.324 e. The summed E-state index contributed by atoms with van der Waals surface area (Å²) in [5.41, 5.74) is 2.22. The van der Waals surface area contributed by atoms with Gasteiger partial charge in [-0.05, 0) is 37.1 Å². The maximum atomic E-state index is 12.8. The Kier molecular flexibility index (Phi) is 5.19. The molecule has 1 unspecified atom stereocenters. The highest BCUT2D eigenvalue weighted by atomic mass is 16.2. The van der Waals surface area contributed by atoms with Crippen LogP contribution < -0.4 is 10.6 Å². The third-order valence-corrected chi connectivity index (χ3v) is 5.00. The number of anilines is 2. The number of nitrogens with zero attached hydrogens (tertiary/aromatic N) is 2. The number of para-hydroxylation sites is 2. The molecule has 1 aliphatic heterocycles. The molecule has 0 bridgehead atoms. The summed E-state index contributed by atoms with van der Waals surface area (Å²) in [5, 5.41) is 6.87. The van der Waals surface area contributed by atoms with E-state index < -0.39 is 0 Å². The number of carbonyl (C=O) groups excluding carboxylic acids is 2. The van der Waals surface area contributed by atoms with Gasteiger partial charge in [-0.25, -0.2) is 4.79 Å². The fraction of sp³-hybridized carbons (Fsp3) is 0.227. The van der Waals surface area contributed by atoms with Crippen LogP contribution in [0.15, 0.2) is 66.9 Å². The number of rotatable bonds is 3. The first-order chi connectivity index (χ1) is 13.7. The monoisotopic (exact) mass is 374 g/mol. The first-order valence-electron chi connectivity index (χ1n) is 9.46. The predicted octanol–water partition coefficient (Wildman–Crippen LogP) is 4.12. The van der Waals surface area contributed by atoms with E-state index in [0.29, 0.717) is 18.8 Å². The van der Waals surface area contributed by atoms with Gasteiger partial charge < -0.3 is 15.5 Å². The van der Waals surface area contributed by atoms with Crippen LogP contribution in [0.3, 0.4) is 0 Å². The molecule has 0 aliphatic carbocycles. The number of likely N-dealkylation sites (tertiary alicyclic amines) is 1. The Morgan fingerprint density at radius 2 is 1.79 bits per heavy atom. The van der Waals surface area contributed by atoms with Crippen LogP contribution in [0.4, 0.5) is 16.2 Å². The molecule has 6 nitrogen and oxygen atoms in total. The Bertz CT molecular complexity index is 985. The maximum absolute atomic E-state index is 12.8. The summed E-state index contributed by atoms with van der Waals surface area (Å²) in [6, 6.07) is 18.7. The largest absolute Gasteiger partial charge is 0.324 e. The zero-order valence-electron chi connectivity index (χ0n) is 15.5. The minimum atomic E-state index is -0.241. The molecule has 0 saturated carbocycles. The van der Waals surface area contributed by atoms with E-state index in [4.69, 9.17) is 0 Å². The van der Waals surface area contributed by atoms with Gasteiger partial charge in [0.05, 0.1) is 17.1 Å². The molecule has 1 aromatic heterocycles. The Morgan fingerprint density at radius 3 is 2.64 bits per heavy atom. The molecular formula is C22H22N4O2. The summed E-state index contributed by atoms with van der Waals surface area (Å²) in [6.45, 7) is 1.06. The average molecular weight is 374 g/mol. The quantitative estimate of drug-likeness (QED) is 0.724. The van der Waals surface area contributed by atoms with Crippen LogP contribution in [0, 0.1) is 5.92 Å². The standard InChI is InChI=1S/C22H22N4O2/c27-21(25-19-12-4-7-16-8-5-13-23-20(16)19)17-9-6-14-26(15-17)22(28)24-18-10-2-1-3-11-18/h1-5,7-8,10-13,17H,6,9,14-15H2,(H,24,28)(H,25,27). The van der Waals surface area contributed by atoms with Gasteiger partial charge in [-0.15, -0.1) is 0 Å². The molecule has 1 saturated heterocycles. The van der Waals surface area contributed by atoms with Crippen LogP contribution in [0.2, 0.25) is 0 Å². The molecule has 0 spiro atoms. The zero-order chi connectivity index (χ0) is 19.3. The molecule has 142 valence electrons. The highest BCUT2D eigenvalue weighted by molar-refractivity contribution is 6.01. The molecule has 2 heterocycles. The number of hydrogen-bond acceptors (Lipinski definition) is 3. The first-order valence-corrected chi connectivity index (χ1v) is 9.46. The molecule has 28 heavy (non-hydrogen) atoms. The van der Waals surface area contributed by atoms with Crippen LogP contribution in [0.1, 0.15) is 12.8 Å². The van der Waals surface area contributed by atoms with Crippen LogP contribution >= 0.6 is 0 Å². The van der Waals surface area contributed by atoms with Crippen molar-refractivity contribution < 1.29 is 9.59 Å². The summed E-state index contributed by atoms with van der Waals surface area (Å²) in [4.78, 5) is 31.5. The van der Waals surface area contributed by atoms with Gasteiger partial charge in [0.1, 0.15) is 0 Å². The molecule has 4 rings (SSSR count). The first kappa shape index (κ1) is 18.0. The lowest BCUT2D eigenvalue weighted by molar-refractivity contribution is -0.121. The molecule has 3 aromatic rings. The SMILES string of the molecule is O=C(Nc1cccc2cccnc12)C1CCCN(C(=O)Nc2ccccc2)C1. The van der Waals surface area contributed by atoms with E-state index in [1.165, 1.54) is 0 Å². The number of nitrogens with one attached hydrogen (secondary N) is 2. The molecular weight excluding hydrogens is 352 g/mol. The highest BCUT2D eigenvalue weighted by Gasteiger charge is 2.28. The zero-order valence-corrected chi connectivity index (χ0v) is 15.5. The van der Waals surface area contributed by atoms with E-state index in [1.807, 2.05) is 60.7 Å². The second kappa shape index (κ2) is 8.08. The number of pyridine rings is 1. The van der Waals surface area contributed by atoms with Crippen LogP contribution in [-0.4, -0.2) is 34.9 Å². The van der Waals surface area contributed by atoms with Crippen molar-refractivity contribution in [3.8, 4) is 0 Å². The van der Waals surface area contributed by atoms with Crippen molar-refractivity contribution in [3.05, 3.63) is 66.9 Å². The molecule has 0 radical (unpaired) electrons. The highest BCUT2D eigenvalue weighted by Crippen LogP contribution is 2.24. The molecule has 3 amide bonds. The lowest BCUT2D eigenvalue weighted by atomic mass is 9.97. The van der Waals surface area contributed by atoms with E-state index in [9.17, 15) is 9.59 Å². The number of benzene rings is 2. The lowest BCUT2D eigenvalue weighted by Crippen LogP contribution is -2.45. The van der Waals surface area contributed by atoms with Crippen molar-refractivity contribution >= 4 is 34.2 Å². The van der Waals surface area contributed by atoms with E-state index in [0.717, 1.165) is 29.4 Å². The Labute approximate surface area is 163 Å². The van der Waals surface area contributed by atoms with Crippen molar-refractivity contribution in [1.82, 2.24) is 9.88 Å². The van der Waals surface area contributed by atoms with Gasteiger partial charge in [0.25, 0.3) is 0 Å². The van der Waals surface area contributed by atoms with Crippen LogP contribution in [-0.2, 0) is 4.79 Å². The number of hydrogen-bond donors (Lipinski definition) is 2. The molecule has 2 aromatic carbocycles. The Balaban J connectivity index is 1.42. The number of amides is 3. The van der Waals surface area contributed by atoms with Gasteiger partial charge in [-0.3, -0.25) is 9.78 Å². The fourth-order valence-corrected chi connectivity index (χ4v) is 3.54. The number of carbonyl (C=O) groups is 2. The van der Waals surface area contributed by atoms with E-state index in [-0.39, 0.29) is 17.9 Å². The van der Waals surface area contributed by atoms with Gasteiger partial charge in [-0.1, -0.05) is 36.4 Å². The molecule has 1 fully saturated rings. The van der Waals surface area contributed by atoms with Gasteiger partial charge in [-0.2, -0.15) is 0 Å². The number of aromatic nitrogens is 1. The Hall–Kier alpha value is -3.41. The summed E-state index contributed by atoms with van der Waals surface area (Å²) >= 11 is 0. The molecule has 1 atom stereocenters. The van der Waals surface area contributed by atoms with Gasteiger partial charge in [0.2, 0.25) is 5.91 Å². The maximum Gasteiger partial charge on any atom is 0.321 e. The molecule has 6 heteroatoms. The summed E-state index contributed by atoms with van der Waals surface area (Å²) in [5.74, 6) is -0.315. The van der Waals surface area contributed by atoms with E-state index >= 15 is 0 Å². The third kappa shape index (κ3) is 3.96. The fourth-order valence-electron chi connectivity index (χ4n) is 3.54. The van der Waals surface area contributed by atoms with E-state index in [1.54, 1.807) is 11.1 Å². The minimum absolute atomic E-state index is 0.0737. The average Bonchev–Trinajstić information content (AvgIpc) is 2.75. The number of urea groups is 1. The second-order valence-corrected chi connectivity index (χ2v) is 6.95. The molecule has 2 N–H and O–H groups in total. The van der Waals surface area contributed by atoms with Gasteiger partial charge in [0, 0.05) is 30.4 Å². The smallest absolute Gasteiger partial charge is 0.321 e. The van der Waals surface area contributed by atoms with Crippen molar-refractivity contribution in [2.24, 2.45) is 5.92 Å². The normalized spacial score (nSPS) is 16.6. The topological polar surface area (TPSA) is 74.3 Å². The van der Waals surface area contributed by atoms with E-state index in [2.05, 4.69) is 15.6 Å². The Morgan fingerprint density at radius 1 is 0.964 bits per heavy atom. The van der Waals surface area contributed by atoms with Crippen molar-refractivity contribution in [2.45, 2.75) is 12.8 Å². The predicted molar refractivity (Wildman–Crippen MR) is 110 cm³/mol. The molecule has 1 aliphatic rings.